The molecule has 19 heavy (non-hydrogen) atoms. The van der Waals surface area contributed by atoms with Gasteiger partial charge in [0.25, 0.3) is 0 Å². The zero-order valence-corrected chi connectivity index (χ0v) is 12.3. The smallest absolute Gasteiger partial charge is 0.213 e. The van der Waals surface area contributed by atoms with Crippen molar-refractivity contribution in [3.8, 4) is 0 Å². The Bertz CT molecular complexity index is 377. The van der Waals surface area contributed by atoms with Gasteiger partial charge in [-0.05, 0) is 12.8 Å². The third kappa shape index (κ3) is 6.74. The minimum atomic E-state index is -3.22. The van der Waals surface area contributed by atoms with E-state index in [1.807, 2.05) is 0 Å². The molecule has 0 aliphatic heterocycles. The van der Waals surface area contributed by atoms with Crippen molar-refractivity contribution in [2.75, 3.05) is 18.8 Å². The largest absolute Gasteiger partial charge is 0.353 e. The Balaban J connectivity index is 2.39. The Labute approximate surface area is 115 Å². The predicted octanol–water partition coefficient (Wildman–Crippen LogP) is -0.333. The van der Waals surface area contributed by atoms with Crippen LogP contribution in [0.1, 0.15) is 39.0 Å². The zero-order chi connectivity index (χ0) is 14.1. The molecule has 7 nitrogen and oxygen atoms in total. The average Bonchev–Trinajstić information content (AvgIpc) is 2.38. The van der Waals surface area contributed by atoms with Crippen LogP contribution in [0.4, 0.5) is 0 Å². The van der Waals surface area contributed by atoms with E-state index < -0.39 is 10.0 Å². The van der Waals surface area contributed by atoms with Crippen molar-refractivity contribution < 1.29 is 8.42 Å². The van der Waals surface area contributed by atoms with Gasteiger partial charge in [-0.2, -0.15) is 0 Å². The number of guanidine groups is 1. The molecule has 0 aromatic rings. The summed E-state index contributed by atoms with van der Waals surface area (Å²) in [6.45, 7) is 2.33. The van der Waals surface area contributed by atoms with Crippen LogP contribution in [0.2, 0.25) is 0 Å². The van der Waals surface area contributed by atoms with Gasteiger partial charge in [-0.1, -0.05) is 26.2 Å². The van der Waals surface area contributed by atoms with Crippen LogP contribution in [0, 0.1) is 0 Å². The molecule has 1 aliphatic carbocycles. The van der Waals surface area contributed by atoms with Gasteiger partial charge in [0.05, 0.1) is 12.3 Å². The molecule has 0 amide bonds. The third-order valence-electron chi connectivity index (χ3n) is 3.08. The van der Waals surface area contributed by atoms with Crippen LogP contribution in [-0.2, 0) is 10.0 Å². The normalized spacial score (nSPS) is 18.3. The summed E-state index contributed by atoms with van der Waals surface area (Å²) in [7, 11) is -3.22. The fourth-order valence-electron chi connectivity index (χ4n) is 2.14. The second-order valence-electron chi connectivity index (χ2n) is 4.67. The Kier molecular flexibility index (Phi) is 7.11. The van der Waals surface area contributed by atoms with E-state index in [-0.39, 0.29) is 12.3 Å². The number of hydrogen-bond donors (Lipinski definition) is 4. The number of rotatable bonds is 6. The van der Waals surface area contributed by atoms with Crippen LogP contribution in [-0.4, -0.2) is 39.3 Å². The van der Waals surface area contributed by atoms with Crippen LogP contribution < -0.4 is 21.3 Å². The molecule has 8 heteroatoms. The molecule has 1 fully saturated rings. The van der Waals surface area contributed by atoms with Gasteiger partial charge in [-0.3, -0.25) is 10.4 Å². The van der Waals surface area contributed by atoms with Gasteiger partial charge in [0.2, 0.25) is 16.0 Å². The number of nitrogens with zero attached hydrogens (tertiary/aromatic N) is 1. The Morgan fingerprint density at radius 3 is 2.58 bits per heavy atom. The predicted molar refractivity (Wildman–Crippen MR) is 77.1 cm³/mol. The molecule has 0 aromatic heterocycles. The number of hydrazine groups is 1. The summed E-state index contributed by atoms with van der Waals surface area (Å²) in [5, 5.41) is 3.22. The standard InChI is InChI=1S/C11H25N5O2S/c1-2-14-19(17,18)9-8-13-11(16-12)15-10-6-4-3-5-7-10/h10,14H,2-9,12H2,1H3,(H2,13,15,16). The minimum Gasteiger partial charge on any atom is -0.353 e. The molecule has 0 spiro atoms. The molecule has 1 aliphatic rings. The lowest BCUT2D eigenvalue weighted by atomic mass is 9.96. The van der Waals surface area contributed by atoms with Gasteiger partial charge >= 0.3 is 0 Å². The Morgan fingerprint density at radius 1 is 1.32 bits per heavy atom. The van der Waals surface area contributed by atoms with Crippen molar-refractivity contribution in [3.05, 3.63) is 0 Å². The fraction of sp³-hybridized carbons (Fsp3) is 0.909. The second kappa shape index (κ2) is 8.34. The lowest BCUT2D eigenvalue weighted by Crippen LogP contribution is -2.47. The first-order chi connectivity index (χ1) is 9.07. The molecule has 1 rings (SSSR count). The summed E-state index contributed by atoms with van der Waals surface area (Å²) in [4.78, 5) is 4.15. The first-order valence-corrected chi connectivity index (χ1v) is 8.47. The van der Waals surface area contributed by atoms with Crippen molar-refractivity contribution in [1.29, 1.82) is 0 Å². The molecule has 0 bridgehead atoms. The highest BCUT2D eigenvalue weighted by Gasteiger charge is 2.14. The summed E-state index contributed by atoms with van der Waals surface area (Å²) < 4.78 is 25.3. The highest BCUT2D eigenvalue weighted by atomic mass is 32.2. The second-order valence-corrected chi connectivity index (χ2v) is 6.60. The molecule has 0 atom stereocenters. The molecular weight excluding hydrogens is 266 g/mol. The lowest BCUT2D eigenvalue weighted by molar-refractivity contribution is 0.410. The number of hydrogen-bond acceptors (Lipinski definition) is 4. The summed E-state index contributed by atoms with van der Waals surface area (Å²) in [5.41, 5.74) is 2.49. The van der Waals surface area contributed by atoms with Crippen molar-refractivity contribution in [2.24, 2.45) is 10.8 Å². The van der Waals surface area contributed by atoms with Crippen LogP contribution in [0.3, 0.4) is 0 Å². The van der Waals surface area contributed by atoms with Crippen molar-refractivity contribution in [2.45, 2.75) is 45.1 Å². The molecule has 0 radical (unpaired) electrons. The van der Waals surface area contributed by atoms with Gasteiger partial charge in [0.15, 0.2) is 0 Å². The van der Waals surface area contributed by atoms with E-state index in [1.54, 1.807) is 6.92 Å². The minimum absolute atomic E-state index is 0.0294. The van der Waals surface area contributed by atoms with E-state index in [4.69, 9.17) is 5.84 Å². The van der Waals surface area contributed by atoms with Crippen molar-refractivity contribution >= 4 is 16.0 Å². The molecule has 1 saturated carbocycles. The summed E-state index contributed by atoms with van der Waals surface area (Å²) >= 11 is 0. The van der Waals surface area contributed by atoms with Crippen LogP contribution in [0.15, 0.2) is 4.99 Å². The molecule has 5 N–H and O–H groups in total. The van der Waals surface area contributed by atoms with E-state index in [2.05, 4.69) is 20.5 Å². The molecule has 0 aromatic carbocycles. The van der Waals surface area contributed by atoms with Gasteiger partial charge in [-0.25, -0.2) is 19.0 Å². The van der Waals surface area contributed by atoms with Crippen molar-refractivity contribution in [3.63, 3.8) is 0 Å². The maximum Gasteiger partial charge on any atom is 0.213 e. The first-order valence-electron chi connectivity index (χ1n) is 6.82. The summed E-state index contributed by atoms with van der Waals surface area (Å²) in [6.07, 6.45) is 5.92. The van der Waals surface area contributed by atoms with E-state index in [1.165, 1.54) is 19.3 Å². The highest BCUT2D eigenvalue weighted by molar-refractivity contribution is 7.89. The van der Waals surface area contributed by atoms with E-state index in [0.717, 1.165) is 12.8 Å². The van der Waals surface area contributed by atoms with Crippen molar-refractivity contribution in [1.82, 2.24) is 15.5 Å². The number of nitrogens with two attached hydrogens (primary N) is 1. The van der Waals surface area contributed by atoms with Crippen LogP contribution >= 0.6 is 0 Å². The topological polar surface area (TPSA) is 109 Å². The van der Waals surface area contributed by atoms with E-state index in [9.17, 15) is 8.42 Å². The number of aliphatic imine (C=N–C) groups is 1. The van der Waals surface area contributed by atoms with Gasteiger partial charge in [0, 0.05) is 12.6 Å². The molecule has 112 valence electrons. The Morgan fingerprint density at radius 2 is 2.00 bits per heavy atom. The SMILES string of the molecule is CCNS(=O)(=O)CCN=C(NN)NC1CCCCC1. The molecule has 0 unspecified atom stereocenters. The van der Waals surface area contributed by atoms with Crippen LogP contribution in [0.5, 0.6) is 0 Å². The molecule has 0 heterocycles. The van der Waals surface area contributed by atoms with Gasteiger partial charge in [0.1, 0.15) is 0 Å². The molecular formula is C11H25N5O2S. The highest BCUT2D eigenvalue weighted by Crippen LogP contribution is 2.17. The summed E-state index contributed by atoms with van der Waals surface area (Å²) in [6, 6.07) is 0.383. The zero-order valence-electron chi connectivity index (χ0n) is 11.5. The maximum atomic E-state index is 11.4. The molecule has 0 saturated heterocycles. The monoisotopic (exact) mass is 291 g/mol. The fourth-order valence-corrected chi connectivity index (χ4v) is 3.06. The van der Waals surface area contributed by atoms with Gasteiger partial charge in [-0.15, -0.1) is 0 Å². The number of sulfonamides is 1. The number of nitrogens with one attached hydrogen (secondary N) is 3. The summed E-state index contributed by atoms with van der Waals surface area (Å²) in [5.74, 6) is 5.83. The van der Waals surface area contributed by atoms with E-state index >= 15 is 0 Å². The lowest BCUT2D eigenvalue weighted by Gasteiger charge is -2.24. The Hall–Kier alpha value is -0.860. The third-order valence-corrected chi connectivity index (χ3v) is 4.53. The average molecular weight is 291 g/mol. The van der Waals surface area contributed by atoms with E-state index in [0.29, 0.717) is 18.5 Å². The van der Waals surface area contributed by atoms with Gasteiger partial charge < -0.3 is 5.32 Å². The first kappa shape index (κ1) is 16.2. The van der Waals surface area contributed by atoms with Crippen LogP contribution in [0.25, 0.3) is 0 Å². The quantitative estimate of drug-likeness (QED) is 0.232. The maximum absolute atomic E-state index is 11.4.